The van der Waals surface area contributed by atoms with Gasteiger partial charge in [0.1, 0.15) is 11.5 Å². The molecule has 2 aromatic carbocycles. The second kappa shape index (κ2) is 9.34. The van der Waals surface area contributed by atoms with Gasteiger partial charge in [0.15, 0.2) is 5.17 Å². The van der Waals surface area contributed by atoms with Gasteiger partial charge in [0, 0.05) is 5.75 Å². The number of thioether (sulfide) groups is 1. The fourth-order valence-corrected chi connectivity index (χ4v) is 4.50. The first kappa shape index (κ1) is 21.2. The average Bonchev–Trinajstić information content (AvgIpc) is 3.02. The highest BCUT2D eigenvalue weighted by molar-refractivity contribution is 8.14. The Morgan fingerprint density at radius 3 is 2.48 bits per heavy atom. The van der Waals surface area contributed by atoms with Crippen LogP contribution in [-0.4, -0.2) is 38.0 Å². The molecule has 1 aliphatic rings. The topological polar surface area (TPSA) is 78.8 Å². The maximum atomic E-state index is 13.3. The molecule has 6 nitrogen and oxygen atoms in total. The second-order valence-corrected chi connectivity index (χ2v) is 9.28. The van der Waals surface area contributed by atoms with Crippen LogP contribution in [0.15, 0.2) is 65.3 Å². The van der Waals surface area contributed by atoms with E-state index in [0.29, 0.717) is 23.0 Å². The molecule has 1 N–H and O–H groups in total. The molecule has 29 heavy (non-hydrogen) atoms. The molecular formula is C20H20FN3O3S2. The summed E-state index contributed by atoms with van der Waals surface area (Å²) in [6, 6.07) is 14.9. The number of carbonyl (C=O) groups is 1. The second-order valence-electron chi connectivity index (χ2n) is 6.18. The summed E-state index contributed by atoms with van der Waals surface area (Å²) in [5, 5.41) is 0.436. The van der Waals surface area contributed by atoms with Gasteiger partial charge >= 0.3 is 0 Å². The SMILES string of the molecule is CNS(=O)(=O)CCCSC1=N/C(=C/c2ccccc2)C(=O)N1c1ccc(F)cc1. The van der Waals surface area contributed by atoms with E-state index in [2.05, 4.69) is 9.71 Å². The molecule has 0 radical (unpaired) electrons. The number of hydrogen-bond donors (Lipinski definition) is 1. The summed E-state index contributed by atoms with van der Waals surface area (Å²) < 4.78 is 38.7. The smallest absolute Gasteiger partial charge is 0.266 e. The monoisotopic (exact) mass is 433 g/mol. The maximum absolute atomic E-state index is 13.3. The van der Waals surface area contributed by atoms with Crippen molar-refractivity contribution in [2.45, 2.75) is 6.42 Å². The van der Waals surface area contributed by atoms with Crippen LogP contribution in [0.3, 0.4) is 0 Å². The van der Waals surface area contributed by atoms with Crippen LogP contribution in [0.4, 0.5) is 10.1 Å². The van der Waals surface area contributed by atoms with E-state index in [4.69, 9.17) is 0 Å². The van der Waals surface area contributed by atoms with Crippen LogP contribution in [-0.2, 0) is 14.8 Å². The Bertz CT molecular complexity index is 1040. The minimum absolute atomic E-state index is 0.0129. The Morgan fingerprint density at radius 1 is 1.14 bits per heavy atom. The molecule has 1 aliphatic heterocycles. The highest BCUT2D eigenvalue weighted by Gasteiger charge is 2.31. The van der Waals surface area contributed by atoms with E-state index >= 15 is 0 Å². The third-order valence-electron chi connectivity index (χ3n) is 4.12. The molecule has 0 aromatic heterocycles. The van der Waals surface area contributed by atoms with Crippen LogP contribution >= 0.6 is 11.8 Å². The van der Waals surface area contributed by atoms with Crippen molar-refractivity contribution in [3.05, 3.63) is 71.7 Å². The predicted octanol–water partition coefficient (Wildman–Crippen LogP) is 3.24. The number of hydrogen-bond acceptors (Lipinski definition) is 5. The minimum Gasteiger partial charge on any atom is -0.266 e. The van der Waals surface area contributed by atoms with Crippen molar-refractivity contribution in [2.75, 3.05) is 23.5 Å². The minimum atomic E-state index is -3.28. The Morgan fingerprint density at radius 2 is 1.83 bits per heavy atom. The predicted molar refractivity (Wildman–Crippen MR) is 116 cm³/mol. The number of anilines is 1. The van der Waals surface area contributed by atoms with E-state index in [1.54, 1.807) is 6.08 Å². The van der Waals surface area contributed by atoms with Crippen LogP contribution in [0, 0.1) is 5.82 Å². The number of aliphatic imine (C=N–C) groups is 1. The zero-order chi connectivity index (χ0) is 20.9. The van der Waals surface area contributed by atoms with Gasteiger partial charge in [0.2, 0.25) is 10.0 Å². The number of carbonyl (C=O) groups excluding carboxylic acids is 1. The molecule has 1 amide bonds. The summed E-state index contributed by atoms with van der Waals surface area (Å²) in [6.07, 6.45) is 2.09. The van der Waals surface area contributed by atoms with E-state index in [1.807, 2.05) is 30.3 Å². The Labute approximate surface area is 173 Å². The first-order valence-electron chi connectivity index (χ1n) is 8.89. The molecule has 3 rings (SSSR count). The van der Waals surface area contributed by atoms with Crippen LogP contribution in [0.5, 0.6) is 0 Å². The molecule has 152 valence electrons. The number of sulfonamides is 1. The lowest BCUT2D eigenvalue weighted by atomic mass is 10.2. The molecule has 0 saturated carbocycles. The Balaban J connectivity index is 1.83. The molecular weight excluding hydrogens is 413 g/mol. The molecule has 1 heterocycles. The van der Waals surface area contributed by atoms with Gasteiger partial charge in [-0.15, -0.1) is 0 Å². The number of amidine groups is 1. The number of nitrogens with one attached hydrogen (secondary N) is 1. The molecule has 0 unspecified atom stereocenters. The fourth-order valence-electron chi connectivity index (χ4n) is 2.63. The normalized spacial score (nSPS) is 15.8. The Hall–Kier alpha value is -2.49. The van der Waals surface area contributed by atoms with Gasteiger partial charge in [-0.1, -0.05) is 42.1 Å². The van der Waals surface area contributed by atoms with Crippen molar-refractivity contribution >= 4 is 44.6 Å². The summed E-state index contributed by atoms with van der Waals surface area (Å²) in [6.45, 7) is 0. The third kappa shape index (κ3) is 5.53. The van der Waals surface area contributed by atoms with Gasteiger partial charge in [0.25, 0.3) is 5.91 Å². The molecule has 0 saturated heterocycles. The van der Waals surface area contributed by atoms with Gasteiger partial charge < -0.3 is 0 Å². The molecule has 2 aromatic rings. The lowest BCUT2D eigenvalue weighted by Gasteiger charge is -2.17. The number of rotatable bonds is 7. The van der Waals surface area contributed by atoms with Crippen LogP contribution in [0.2, 0.25) is 0 Å². The summed E-state index contributed by atoms with van der Waals surface area (Å²) in [5.74, 6) is -0.265. The summed E-state index contributed by atoms with van der Waals surface area (Å²) >= 11 is 1.29. The highest BCUT2D eigenvalue weighted by atomic mass is 32.2. The van der Waals surface area contributed by atoms with Gasteiger partial charge in [-0.05, 0) is 49.4 Å². The van der Waals surface area contributed by atoms with Crippen molar-refractivity contribution < 1.29 is 17.6 Å². The number of halogens is 1. The lowest BCUT2D eigenvalue weighted by molar-refractivity contribution is -0.113. The first-order valence-corrected chi connectivity index (χ1v) is 11.5. The zero-order valence-corrected chi connectivity index (χ0v) is 17.3. The highest BCUT2D eigenvalue weighted by Crippen LogP contribution is 2.29. The summed E-state index contributed by atoms with van der Waals surface area (Å²) in [7, 11) is -1.91. The van der Waals surface area contributed by atoms with Crippen LogP contribution < -0.4 is 9.62 Å². The van der Waals surface area contributed by atoms with Crippen molar-refractivity contribution in [3.8, 4) is 0 Å². The standard InChI is InChI=1S/C20H20FN3O3S2/c1-22-29(26,27)13-5-12-28-20-23-18(14-15-6-3-2-4-7-15)19(25)24(20)17-10-8-16(21)9-11-17/h2-4,6-11,14,22H,5,12-13H2,1H3/b18-14+. The Kier molecular flexibility index (Phi) is 6.83. The third-order valence-corrected chi connectivity index (χ3v) is 6.59. The van der Waals surface area contributed by atoms with E-state index in [-0.39, 0.29) is 17.4 Å². The van der Waals surface area contributed by atoms with Crippen molar-refractivity contribution in [1.82, 2.24) is 4.72 Å². The molecule has 0 bridgehead atoms. The molecule has 0 atom stereocenters. The molecule has 0 spiro atoms. The fraction of sp³-hybridized carbons (Fsp3) is 0.200. The van der Waals surface area contributed by atoms with Gasteiger partial charge in [-0.3, -0.25) is 9.69 Å². The number of benzene rings is 2. The van der Waals surface area contributed by atoms with Gasteiger partial charge in [-0.25, -0.2) is 22.5 Å². The van der Waals surface area contributed by atoms with E-state index in [1.165, 1.54) is 48.0 Å². The van der Waals surface area contributed by atoms with Crippen LogP contribution in [0.1, 0.15) is 12.0 Å². The van der Waals surface area contributed by atoms with E-state index < -0.39 is 15.8 Å². The van der Waals surface area contributed by atoms with Gasteiger partial charge in [-0.2, -0.15) is 0 Å². The first-order chi connectivity index (χ1) is 13.9. The van der Waals surface area contributed by atoms with E-state index in [0.717, 1.165) is 5.56 Å². The number of nitrogens with zero attached hydrogens (tertiary/aromatic N) is 2. The molecule has 0 aliphatic carbocycles. The number of amides is 1. The molecule has 9 heteroatoms. The largest absolute Gasteiger partial charge is 0.283 e. The van der Waals surface area contributed by atoms with E-state index in [9.17, 15) is 17.6 Å². The van der Waals surface area contributed by atoms with Crippen molar-refractivity contribution in [3.63, 3.8) is 0 Å². The average molecular weight is 434 g/mol. The molecule has 0 fully saturated rings. The van der Waals surface area contributed by atoms with Crippen molar-refractivity contribution in [1.29, 1.82) is 0 Å². The quantitative estimate of drug-likeness (QED) is 0.537. The van der Waals surface area contributed by atoms with Crippen LogP contribution in [0.25, 0.3) is 6.08 Å². The van der Waals surface area contributed by atoms with Crippen molar-refractivity contribution in [2.24, 2.45) is 4.99 Å². The summed E-state index contributed by atoms with van der Waals surface area (Å²) in [5.41, 5.74) is 1.61. The zero-order valence-electron chi connectivity index (χ0n) is 15.7. The maximum Gasteiger partial charge on any atom is 0.283 e. The van der Waals surface area contributed by atoms with Gasteiger partial charge in [0.05, 0.1) is 11.4 Å². The summed E-state index contributed by atoms with van der Waals surface area (Å²) in [4.78, 5) is 18.9. The lowest BCUT2D eigenvalue weighted by Crippen LogP contribution is -2.30.